The first-order chi connectivity index (χ1) is 5.61. The first-order valence-electron chi connectivity index (χ1n) is 2.97. The van der Waals surface area contributed by atoms with Crippen molar-refractivity contribution in [3.8, 4) is 0 Å². The molecule has 3 nitrogen and oxygen atoms in total. The number of halogens is 1. The highest BCUT2D eigenvalue weighted by Gasteiger charge is 2.05. The first-order valence-corrected chi connectivity index (χ1v) is 4.70. The van der Waals surface area contributed by atoms with Gasteiger partial charge < -0.3 is 10.2 Å². The van der Waals surface area contributed by atoms with Crippen molar-refractivity contribution in [2.75, 3.05) is 0 Å². The molecule has 0 fully saturated rings. The van der Waals surface area contributed by atoms with Gasteiger partial charge in [0.05, 0.1) is 0 Å². The largest absolute Gasteiger partial charge is 0.502 e. The zero-order chi connectivity index (χ0) is 9.14. The molecule has 1 heterocycles. The quantitative estimate of drug-likeness (QED) is 0.625. The summed E-state index contributed by atoms with van der Waals surface area (Å²) in [5.41, 5.74) is 0.667. The van der Waals surface area contributed by atoms with E-state index < -0.39 is 11.7 Å². The van der Waals surface area contributed by atoms with Gasteiger partial charge in [0.25, 0.3) is 0 Å². The van der Waals surface area contributed by atoms with Crippen LogP contribution in [0.4, 0.5) is 0 Å². The van der Waals surface area contributed by atoms with Gasteiger partial charge in [-0.1, -0.05) is 0 Å². The lowest BCUT2D eigenvalue weighted by Crippen LogP contribution is -1.97. The van der Waals surface area contributed by atoms with Crippen LogP contribution in [0.5, 0.6) is 0 Å². The van der Waals surface area contributed by atoms with Crippen LogP contribution < -0.4 is 0 Å². The maximum atomic E-state index is 10.2. The molecular formula is C7H5BrO3S. The van der Waals surface area contributed by atoms with Crippen LogP contribution in [0, 0.1) is 0 Å². The number of thiophene rings is 1. The number of aliphatic carboxylic acids is 1. The molecule has 0 saturated heterocycles. The van der Waals surface area contributed by atoms with Gasteiger partial charge in [-0.25, -0.2) is 4.79 Å². The van der Waals surface area contributed by atoms with Crippen molar-refractivity contribution in [3.63, 3.8) is 0 Å². The van der Waals surface area contributed by atoms with Gasteiger partial charge in [-0.2, -0.15) is 11.3 Å². The molecule has 0 saturated carbocycles. The summed E-state index contributed by atoms with van der Waals surface area (Å²) in [5, 5.41) is 20.8. The fourth-order valence-corrected chi connectivity index (χ4v) is 1.97. The number of hydrogen-bond donors (Lipinski definition) is 2. The Morgan fingerprint density at radius 1 is 1.50 bits per heavy atom. The average molecular weight is 249 g/mol. The minimum atomic E-state index is -1.33. The second kappa shape index (κ2) is 3.73. The SMILES string of the molecule is O=C(O)C(O)=Cc1cscc1Br. The van der Waals surface area contributed by atoms with E-state index in [-0.39, 0.29) is 0 Å². The van der Waals surface area contributed by atoms with Crippen molar-refractivity contribution in [2.24, 2.45) is 0 Å². The zero-order valence-electron chi connectivity index (χ0n) is 5.82. The summed E-state index contributed by atoms with van der Waals surface area (Å²) < 4.78 is 0.778. The molecule has 0 spiro atoms. The standard InChI is InChI=1S/C7H5BrO3S/c8-5-3-12-2-4(5)1-6(9)7(10)11/h1-3,9H,(H,10,11). The molecule has 1 aromatic rings. The molecule has 0 aromatic carbocycles. The van der Waals surface area contributed by atoms with E-state index in [0.717, 1.165) is 4.47 Å². The predicted octanol–water partition coefficient (Wildman–Crippen LogP) is 2.49. The topological polar surface area (TPSA) is 57.5 Å². The predicted molar refractivity (Wildman–Crippen MR) is 50.3 cm³/mol. The van der Waals surface area contributed by atoms with Gasteiger partial charge >= 0.3 is 5.97 Å². The minimum Gasteiger partial charge on any atom is -0.502 e. The molecule has 0 radical (unpaired) electrons. The molecular weight excluding hydrogens is 244 g/mol. The number of aliphatic hydroxyl groups is 1. The molecule has 5 heteroatoms. The van der Waals surface area contributed by atoms with E-state index in [1.165, 1.54) is 17.4 Å². The third-order valence-corrected chi connectivity index (χ3v) is 2.91. The highest BCUT2D eigenvalue weighted by Crippen LogP contribution is 2.23. The Morgan fingerprint density at radius 2 is 2.17 bits per heavy atom. The van der Waals surface area contributed by atoms with E-state index in [0.29, 0.717) is 5.56 Å². The van der Waals surface area contributed by atoms with Crippen molar-refractivity contribution in [1.82, 2.24) is 0 Å². The second-order valence-electron chi connectivity index (χ2n) is 2.01. The van der Waals surface area contributed by atoms with Gasteiger partial charge in [-0.3, -0.25) is 0 Å². The van der Waals surface area contributed by atoms with E-state index in [9.17, 15) is 4.79 Å². The van der Waals surface area contributed by atoms with E-state index in [4.69, 9.17) is 10.2 Å². The summed E-state index contributed by atoms with van der Waals surface area (Å²) in [5.74, 6) is -1.98. The van der Waals surface area contributed by atoms with Gasteiger partial charge in [-0.15, -0.1) is 0 Å². The Labute approximate surface area is 81.1 Å². The molecule has 0 aliphatic carbocycles. The van der Waals surface area contributed by atoms with E-state index in [2.05, 4.69) is 15.9 Å². The molecule has 0 unspecified atom stereocenters. The normalized spacial score (nSPS) is 11.6. The summed E-state index contributed by atoms with van der Waals surface area (Å²) in [6.45, 7) is 0. The van der Waals surface area contributed by atoms with Crippen LogP contribution >= 0.6 is 27.3 Å². The number of carboxylic acids is 1. The molecule has 64 valence electrons. The number of aliphatic hydroxyl groups excluding tert-OH is 1. The zero-order valence-corrected chi connectivity index (χ0v) is 8.22. The number of hydrogen-bond acceptors (Lipinski definition) is 3. The van der Waals surface area contributed by atoms with Crippen LogP contribution in [0.3, 0.4) is 0 Å². The fourth-order valence-electron chi connectivity index (χ4n) is 0.603. The lowest BCUT2D eigenvalue weighted by Gasteiger charge is -1.90. The molecule has 0 aliphatic rings. The maximum absolute atomic E-state index is 10.2. The summed E-state index contributed by atoms with van der Waals surface area (Å²) in [6.07, 6.45) is 1.20. The third kappa shape index (κ3) is 2.09. The van der Waals surface area contributed by atoms with Gasteiger partial charge in [0.2, 0.25) is 5.76 Å². The van der Waals surface area contributed by atoms with Crippen LogP contribution in [-0.2, 0) is 4.79 Å². The average Bonchev–Trinajstić information content (AvgIpc) is 2.36. The highest BCUT2D eigenvalue weighted by molar-refractivity contribution is 9.10. The number of rotatable bonds is 2. The van der Waals surface area contributed by atoms with Crippen LogP contribution in [-0.4, -0.2) is 16.2 Å². The van der Waals surface area contributed by atoms with E-state index in [1.54, 1.807) is 10.8 Å². The third-order valence-electron chi connectivity index (χ3n) is 1.15. The smallest absolute Gasteiger partial charge is 0.370 e. The van der Waals surface area contributed by atoms with Crippen LogP contribution in [0.15, 0.2) is 21.0 Å². The molecule has 0 amide bonds. The van der Waals surface area contributed by atoms with Crippen molar-refractivity contribution in [1.29, 1.82) is 0 Å². The van der Waals surface area contributed by atoms with E-state index in [1.807, 2.05) is 0 Å². The molecule has 1 aromatic heterocycles. The van der Waals surface area contributed by atoms with Gasteiger partial charge in [0, 0.05) is 15.4 Å². The maximum Gasteiger partial charge on any atom is 0.370 e. The van der Waals surface area contributed by atoms with Crippen molar-refractivity contribution < 1.29 is 15.0 Å². The number of carboxylic acid groups (broad SMARTS) is 1. The first kappa shape index (κ1) is 9.28. The highest BCUT2D eigenvalue weighted by atomic mass is 79.9. The lowest BCUT2D eigenvalue weighted by molar-refractivity contribution is -0.135. The van der Waals surface area contributed by atoms with Gasteiger partial charge in [-0.05, 0) is 27.4 Å². The monoisotopic (exact) mass is 248 g/mol. The molecule has 0 aliphatic heterocycles. The Bertz CT molecular complexity index is 329. The van der Waals surface area contributed by atoms with Crippen LogP contribution in [0.1, 0.15) is 5.56 Å². The summed E-state index contributed by atoms with van der Waals surface area (Å²) in [6, 6.07) is 0. The minimum absolute atomic E-state index is 0.658. The van der Waals surface area contributed by atoms with Crippen molar-refractivity contribution in [2.45, 2.75) is 0 Å². The molecule has 0 bridgehead atoms. The second-order valence-corrected chi connectivity index (χ2v) is 3.61. The summed E-state index contributed by atoms with van der Waals surface area (Å²) >= 11 is 4.63. The van der Waals surface area contributed by atoms with Gasteiger partial charge in [0.1, 0.15) is 0 Å². The molecule has 1 rings (SSSR count). The van der Waals surface area contributed by atoms with Crippen molar-refractivity contribution >= 4 is 39.3 Å². The number of carbonyl (C=O) groups is 1. The Balaban J connectivity index is 2.95. The molecule has 12 heavy (non-hydrogen) atoms. The van der Waals surface area contributed by atoms with Gasteiger partial charge in [0.15, 0.2) is 0 Å². The van der Waals surface area contributed by atoms with Crippen molar-refractivity contribution in [3.05, 3.63) is 26.6 Å². The summed E-state index contributed by atoms with van der Waals surface area (Å²) in [7, 11) is 0. The Morgan fingerprint density at radius 3 is 2.58 bits per heavy atom. The summed E-state index contributed by atoms with van der Waals surface area (Å²) in [4.78, 5) is 10.2. The molecule has 0 atom stereocenters. The van der Waals surface area contributed by atoms with Crippen LogP contribution in [0.25, 0.3) is 6.08 Å². The Kier molecular flexibility index (Phi) is 2.88. The fraction of sp³-hybridized carbons (Fsp3) is 0. The Hall–Kier alpha value is -0.810. The van der Waals surface area contributed by atoms with Crippen LogP contribution in [0.2, 0.25) is 0 Å². The van der Waals surface area contributed by atoms with E-state index >= 15 is 0 Å². The lowest BCUT2D eigenvalue weighted by atomic mass is 10.3. The molecule has 2 N–H and O–H groups in total.